The van der Waals surface area contributed by atoms with Gasteiger partial charge in [0.1, 0.15) is 6.61 Å². The first-order valence-corrected chi connectivity index (χ1v) is 10.5. The molecular weight excluding hydrogens is 386 g/mol. The van der Waals surface area contributed by atoms with Crippen molar-refractivity contribution in [2.45, 2.75) is 36.2 Å². The molecule has 3 rings (SSSR count). The lowest BCUT2D eigenvalue weighted by Gasteiger charge is -2.39. The maximum Gasteiger partial charge on any atom is 0.316 e. The van der Waals surface area contributed by atoms with Gasteiger partial charge in [-0.15, -0.1) is 0 Å². The van der Waals surface area contributed by atoms with E-state index >= 15 is 0 Å². The van der Waals surface area contributed by atoms with Gasteiger partial charge in [-0.3, -0.25) is 4.79 Å². The van der Waals surface area contributed by atoms with E-state index in [9.17, 15) is 13.2 Å². The van der Waals surface area contributed by atoms with Gasteiger partial charge in [0.05, 0.1) is 10.3 Å². The van der Waals surface area contributed by atoms with Crippen LogP contribution in [-0.4, -0.2) is 32.8 Å². The molecule has 2 aromatic rings. The van der Waals surface area contributed by atoms with Crippen LogP contribution in [0.1, 0.15) is 30.4 Å². The standard InChI is InChI=1S/C20H22ClNO4S/c1-22(2)27(24,25)18-6-3-5-15(13-18)14-26-19(23)20(11-4-12-20)16-7-9-17(21)10-8-16/h3,5-10,13H,4,11-12,14H2,1-2H3. The molecule has 1 aliphatic carbocycles. The molecule has 0 aliphatic heterocycles. The van der Waals surface area contributed by atoms with Crippen LogP contribution < -0.4 is 0 Å². The minimum Gasteiger partial charge on any atom is -0.460 e. The molecular formula is C20H22ClNO4S. The molecule has 27 heavy (non-hydrogen) atoms. The van der Waals surface area contributed by atoms with E-state index in [4.69, 9.17) is 16.3 Å². The maximum atomic E-state index is 12.8. The molecule has 0 bridgehead atoms. The van der Waals surface area contributed by atoms with E-state index in [1.165, 1.54) is 20.2 Å². The number of carbonyl (C=O) groups is 1. The van der Waals surface area contributed by atoms with Crippen LogP contribution in [0.3, 0.4) is 0 Å². The zero-order chi connectivity index (χ0) is 19.7. The first-order chi connectivity index (χ1) is 12.8. The number of rotatable bonds is 6. The molecule has 0 radical (unpaired) electrons. The third-order valence-corrected chi connectivity index (χ3v) is 7.10. The van der Waals surface area contributed by atoms with E-state index in [1.807, 2.05) is 12.1 Å². The maximum absolute atomic E-state index is 12.8. The number of carbonyl (C=O) groups excluding carboxylic acids is 1. The average Bonchev–Trinajstić information content (AvgIpc) is 2.60. The minimum atomic E-state index is -3.53. The summed E-state index contributed by atoms with van der Waals surface area (Å²) in [5.41, 5.74) is 0.918. The molecule has 0 saturated heterocycles. The zero-order valence-corrected chi connectivity index (χ0v) is 16.9. The molecule has 0 atom stereocenters. The lowest BCUT2D eigenvalue weighted by molar-refractivity contribution is -0.155. The van der Waals surface area contributed by atoms with Crippen molar-refractivity contribution < 1.29 is 17.9 Å². The summed E-state index contributed by atoms with van der Waals surface area (Å²) < 4.78 is 31.2. The summed E-state index contributed by atoms with van der Waals surface area (Å²) in [6, 6.07) is 13.8. The van der Waals surface area contributed by atoms with Crippen molar-refractivity contribution in [3.63, 3.8) is 0 Å². The summed E-state index contributed by atoms with van der Waals surface area (Å²) in [6.45, 7) is 0.0327. The molecule has 5 nitrogen and oxygen atoms in total. The smallest absolute Gasteiger partial charge is 0.316 e. The number of ether oxygens (including phenoxy) is 1. The monoisotopic (exact) mass is 407 g/mol. The highest BCUT2D eigenvalue weighted by atomic mass is 35.5. The second kappa shape index (κ2) is 7.62. The molecule has 1 aliphatic rings. The first kappa shape index (κ1) is 19.9. The Labute approximate surface area is 165 Å². The lowest BCUT2D eigenvalue weighted by atomic mass is 9.64. The van der Waals surface area contributed by atoms with Gasteiger partial charge in [0, 0.05) is 19.1 Å². The summed E-state index contributed by atoms with van der Waals surface area (Å²) >= 11 is 5.95. The fraction of sp³-hybridized carbons (Fsp3) is 0.350. The van der Waals surface area contributed by atoms with Crippen LogP contribution in [0.2, 0.25) is 5.02 Å². The average molecular weight is 408 g/mol. The second-order valence-electron chi connectivity index (χ2n) is 6.95. The number of hydrogen-bond donors (Lipinski definition) is 0. The summed E-state index contributed by atoms with van der Waals surface area (Å²) in [7, 11) is -0.565. The van der Waals surface area contributed by atoms with Gasteiger partial charge >= 0.3 is 5.97 Å². The predicted octanol–water partition coefficient (Wildman–Crippen LogP) is 3.76. The van der Waals surface area contributed by atoms with Gasteiger partial charge in [0.2, 0.25) is 10.0 Å². The predicted molar refractivity (Wildman–Crippen MR) is 104 cm³/mol. The number of benzene rings is 2. The number of nitrogens with zero attached hydrogens (tertiary/aromatic N) is 1. The van der Waals surface area contributed by atoms with Gasteiger partial charge in [-0.05, 0) is 48.2 Å². The molecule has 0 N–H and O–H groups in total. The topological polar surface area (TPSA) is 63.7 Å². The molecule has 7 heteroatoms. The summed E-state index contributed by atoms with van der Waals surface area (Å²) in [5, 5.41) is 0.625. The van der Waals surface area contributed by atoms with Crippen LogP contribution in [-0.2, 0) is 31.6 Å². The van der Waals surface area contributed by atoms with E-state index in [1.54, 1.807) is 30.3 Å². The molecule has 1 saturated carbocycles. The Hall–Kier alpha value is -1.89. The SMILES string of the molecule is CN(C)S(=O)(=O)c1cccc(COC(=O)C2(c3ccc(Cl)cc3)CCC2)c1. The van der Waals surface area contributed by atoms with Crippen LogP contribution in [0.5, 0.6) is 0 Å². The molecule has 0 spiro atoms. The highest BCUT2D eigenvalue weighted by Gasteiger charge is 2.47. The molecule has 0 heterocycles. The van der Waals surface area contributed by atoms with Crippen LogP contribution in [0.25, 0.3) is 0 Å². The van der Waals surface area contributed by atoms with Gasteiger partial charge in [0.15, 0.2) is 0 Å². The Morgan fingerprint density at radius 3 is 2.37 bits per heavy atom. The number of sulfonamides is 1. The van der Waals surface area contributed by atoms with Crippen molar-refractivity contribution in [2.75, 3.05) is 14.1 Å². The highest BCUT2D eigenvalue weighted by molar-refractivity contribution is 7.89. The Morgan fingerprint density at radius 2 is 1.81 bits per heavy atom. The van der Waals surface area contributed by atoms with Gasteiger partial charge < -0.3 is 4.74 Å². The van der Waals surface area contributed by atoms with Crippen molar-refractivity contribution in [2.24, 2.45) is 0 Å². The van der Waals surface area contributed by atoms with Gasteiger partial charge in [-0.1, -0.05) is 42.3 Å². The molecule has 0 aromatic heterocycles. The van der Waals surface area contributed by atoms with Gasteiger partial charge in [-0.25, -0.2) is 12.7 Å². The quantitative estimate of drug-likeness (QED) is 0.684. The van der Waals surface area contributed by atoms with E-state index in [0.717, 1.165) is 29.1 Å². The molecule has 1 fully saturated rings. The lowest BCUT2D eigenvalue weighted by Crippen LogP contribution is -2.43. The number of esters is 1. The van der Waals surface area contributed by atoms with Crippen molar-refractivity contribution in [3.05, 3.63) is 64.7 Å². The van der Waals surface area contributed by atoms with E-state index in [2.05, 4.69) is 0 Å². The van der Waals surface area contributed by atoms with Crippen molar-refractivity contribution in [1.82, 2.24) is 4.31 Å². The van der Waals surface area contributed by atoms with Gasteiger partial charge in [-0.2, -0.15) is 0 Å². The van der Waals surface area contributed by atoms with Crippen LogP contribution >= 0.6 is 11.6 Å². The third-order valence-electron chi connectivity index (χ3n) is 5.04. The molecule has 0 amide bonds. The van der Waals surface area contributed by atoms with Crippen molar-refractivity contribution >= 4 is 27.6 Å². The fourth-order valence-corrected chi connectivity index (χ4v) is 4.30. The van der Waals surface area contributed by atoms with Crippen LogP contribution in [0.15, 0.2) is 53.4 Å². The normalized spacial score (nSPS) is 16.0. The molecule has 0 unspecified atom stereocenters. The summed E-state index contributed by atoms with van der Waals surface area (Å²) in [4.78, 5) is 13.0. The summed E-state index contributed by atoms with van der Waals surface area (Å²) in [6.07, 6.45) is 2.44. The Kier molecular flexibility index (Phi) is 5.60. The molecule has 2 aromatic carbocycles. The van der Waals surface area contributed by atoms with Crippen molar-refractivity contribution in [3.8, 4) is 0 Å². The molecule has 144 valence electrons. The fourth-order valence-electron chi connectivity index (χ4n) is 3.20. The number of hydrogen-bond acceptors (Lipinski definition) is 4. The van der Waals surface area contributed by atoms with Crippen LogP contribution in [0.4, 0.5) is 0 Å². The largest absolute Gasteiger partial charge is 0.460 e. The van der Waals surface area contributed by atoms with E-state index in [-0.39, 0.29) is 17.5 Å². The summed E-state index contributed by atoms with van der Waals surface area (Å²) in [5.74, 6) is -0.281. The van der Waals surface area contributed by atoms with Gasteiger partial charge in [0.25, 0.3) is 0 Å². The third kappa shape index (κ3) is 3.88. The Balaban J connectivity index is 1.75. The Bertz CT molecular complexity index is 935. The zero-order valence-electron chi connectivity index (χ0n) is 15.3. The van der Waals surface area contributed by atoms with Crippen LogP contribution in [0, 0.1) is 0 Å². The number of halogens is 1. The van der Waals surface area contributed by atoms with E-state index < -0.39 is 15.4 Å². The second-order valence-corrected chi connectivity index (χ2v) is 9.54. The van der Waals surface area contributed by atoms with E-state index in [0.29, 0.717) is 10.6 Å². The minimum absolute atomic E-state index is 0.0327. The Morgan fingerprint density at radius 1 is 1.15 bits per heavy atom. The van der Waals surface area contributed by atoms with Crippen molar-refractivity contribution in [1.29, 1.82) is 0 Å². The first-order valence-electron chi connectivity index (χ1n) is 8.70. The highest BCUT2D eigenvalue weighted by Crippen LogP contribution is 2.45.